The molecular formula is C7H16S4. The van der Waals surface area contributed by atoms with Gasteiger partial charge in [-0.1, -0.05) is 13.8 Å². The van der Waals surface area contributed by atoms with Crippen LogP contribution in [0.5, 0.6) is 0 Å². The van der Waals surface area contributed by atoms with Gasteiger partial charge in [0, 0.05) is 11.5 Å². The Morgan fingerprint density at radius 3 is 1.55 bits per heavy atom. The first kappa shape index (κ1) is 12.4. The third kappa shape index (κ3) is 4.25. The summed E-state index contributed by atoms with van der Waals surface area (Å²) < 4.78 is 0.246. The maximum absolute atomic E-state index is 4.36. The molecule has 0 aliphatic heterocycles. The van der Waals surface area contributed by atoms with Crippen molar-refractivity contribution in [2.45, 2.75) is 17.9 Å². The van der Waals surface area contributed by atoms with Crippen LogP contribution >= 0.6 is 48.8 Å². The van der Waals surface area contributed by atoms with Gasteiger partial charge in [0.1, 0.15) is 0 Å². The molecule has 0 aromatic heterocycles. The zero-order chi connectivity index (χ0) is 8.74. The normalized spacial score (nSPS) is 12.0. The van der Waals surface area contributed by atoms with Crippen LogP contribution in [0, 0.1) is 0 Å². The van der Waals surface area contributed by atoms with Crippen molar-refractivity contribution in [1.29, 1.82) is 0 Å². The van der Waals surface area contributed by atoms with Crippen LogP contribution in [-0.2, 0) is 0 Å². The Bertz CT molecular complexity index is 82.4. The van der Waals surface area contributed by atoms with Gasteiger partial charge in [-0.15, -0.1) is 23.5 Å². The van der Waals surface area contributed by atoms with Gasteiger partial charge >= 0.3 is 0 Å². The standard InChI is InChI=1S/C7H16S4/c1-3-10-7(5-8,6-9)11-4-2/h8-9H,3-6H2,1-2H3. The van der Waals surface area contributed by atoms with Crippen LogP contribution in [0.4, 0.5) is 0 Å². The molecule has 0 atom stereocenters. The van der Waals surface area contributed by atoms with Gasteiger partial charge in [-0.2, -0.15) is 25.3 Å². The van der Waals surface area contributed by atoms with Crippen LogP contribution in [0.15, 0.2) is 0 Å². The van der Waals surface area contributed by atoms with Gasteiger partial charge < -0.3 is 0 Å². The molecule has 0 aromatic carbocycles. The van der Waals surface area contributed by atoms with E-state index in [1.807, 2.05) is 23.5 Å². The molecule has 0 saturated heterocycles. The van der Waals surface area contributed by atoms with E-state index in [2.05, 4.69) is 39.1 Å². The molecule has 0 aliphatic rings. The van der Waals surface area contributed by atoms with Crippen molar-refractivity contribution in [2.24, 2.45) is 0 Å². The highest BCUT2D eigenvalue weighted by Crippen LogP contribution is 2.38. The average molecular weight is 228 g/mol. The predicted octanol–water partition coefficient (Wildman–Crippen LogP) is 3.05. The van der Waals surface area contributed by atoms with Crippen LogP contribution in [0.25, 0.3) is 0 Å². The summed E-state index contributed by atoms with van der Waals surface area (Å²) in [5, 5.41) is 0. The molecule has 11 heavy (non-hydrogen) atoms. The zero-order valence-corrected chi connectivity index (χ0v) is 10.5. The summed E-state index contributed by atoms with van der Waals surface area (Å²) in [4.78, 5) is 0. The lowest BCUT2D eigenvalue weighted by Crippen LogP contribution is -2.25. The van der Waals surface area contributed by atoms with Crippen LogP contribution in [-0.4, -0.2) is 27.1 Å². The minimum atomic E-state index is 0.246. The summed E-state index contributed by atoms with van der Waals surface area (Å²) in [5.74, 6) is 4.11. The largest absolute Gasteiger partial charge is 0.177 e. The molecule has 0 heterocycles. The average Bonchev–Trinajstić information content (AvgIpc) is 2.04. The van der Waals surface area contributed by atoms with Gasteiger partial charge in [0.25, 0.3) is 0 Å². The monoisotopic (exact) mass is 228 g/mol. The van der Waals surface area contributed by atoms with E-state index in [0.717, 1.165) is 23.0 Å². The number of hydrogen-bond acceptors (Lipinski definition) is 4. The van der Waals surface area contributed by atoms with E-state index in [1.165, 1.54) is 0 Å². The van der Waals surface area contributed by atoms with Gasteiger partial charge in [0.2, 0.25) is 0 Å². The van der Waals surface area contributed by atoms with Gasteiger partial charge in [0.05, 0.1) is 4.08 Å². The van der Waals surface area contributed by atoms with Crippen LogP contribution in [0.3, 0.4) is 0 Å². The first-order valence-electron chi connectivity index (χ1n) is 3.74. The molecule has 0 fully saturated rings. The maximum atomic E-state index is 4.36. The Hall–Kier alpha value is 1.40. The Morgan fingerprint density at radius 2 is 1.36 bits per heavy atom. The molecule has 0 aliphatic carbocycles. The molecule has 0 unspecified atom stereocenters. The second-order valence-electron chi connectivity index (χ2n) is 2.09. The molecule has 0 radical (unpaired) electrons. The van der Waals surface area contributed by atoms with Crippen molar-refractivity contribution in [2.75, 3.05) is 23.0 Å². The molecule has 4 heteroatoms. The molecule has 68 valence electrons. The first-order chi connectivity index (χ1) is 5.24. The fourth-order valence-electron chi connectivity index (χ4n) is 0.800. The van der Waals surface area contributed by atoms with E-state index >= 15 is 0 Å². The van der Waals surface area contributed by atoms with Crippen molar-refractivity contribution >= 4 is 48.8 Å². The van der Waals surface area contributed by atoms with E-state index in [9.17, 15) is 0 Å². The molecular weight excluding hydrogens is 212 g/mol. The number of thioether (sulfide) groups is 2. The Kier molecular flexibility index (Phi) is 7.74. The Morgan fingerprint density at radius 1 is 1.00 bits per heavy atom. The third-order valence-corrected chi connectivity index (χ3v) is 6.15. The highest BCUT2D eigenvalue weighted by atomic mass is 32.2. The van der Waals surface area contributed by atoms with Gasteiger partial charge in [-0.25, -0.2) is 0 Å². The zero-order valence-electron chi connectivity index (χ0n) is 7.04. The summed E-state index contributed by atoms with van der Waals surface area (Å²) in [6.07, 6.45) is 0. The summed E-state index contributed by atoms with van der Waals surface area (Å²) in [6.45, 7) is 4.37. The fraction of sp³-hybridized carbons (Fsp3) is 1.00. The Balaban J connectivity index is 3.96. The number of thiol groups is 2. The molecule has 0 saturated carbocycles. The first-order valence-corrected chi connectivity index (χ1v) is 6.98. The summed E-state index contributed by atoms with van der Waals surface area (Å²) in [6, 6.07) is 0. The number of hydrogen-bond donors (Lipinski definition) is 2. The lowest BCUT2D eigenvalue weighted by Gasteiger charge is -2.28. The Labute approximate surface area is 89.5 Å². The van der Waals surface area contributed by atoms with Crippen molar-refractivity contribution in [3.8, 4) is 0 Å². The van der Waals surface area contributed by atoms with Gasteiger partial charge in [0.15, 0.2) is 0 Å². The smallest absolute Gasteiger partial charge is 0.0785 e. The second kappa shape index (κ2) is 6.87. The van der Waals surface area contributed by atoms with Crippen LogP contribution in [0.2, 0.25) is 0 Å². The molecule has 0 amide bonds. The lowest BCUT2D eigenvalue weighted by molar-refractivity contribution is 1.07. The van der Waals surface area contributed by atoms with Crippen molar-refractivity contribution in [1.82, 2.24) is 0 Å². The third-order valence-electron chi connectivity index (χ3n) is 1.30. The quantitative estimate of drug-likeness (QED) is 0.530. The SMILES string of the molecule is CCSC(CS)(CS)SCC. The predicted molar refractivity (Wildman–Crippen MR) is 66.7 cm³/mol. The number of rotatable bonds is 6. The highest BCUT2D eigenvalue weighted by Gasteiger charge is 2.26. The van der Waals surface area contributed by atoms with Gasteiger partial charge in [-0.05, 0) is 11.5 Å². The van der Waals surface area contributed by atoms with E-state index < -0.39 is 0 Å². The highest BCUT2D eigenvalue weighted by molar-refractivity contribution is 8.19. The van der Waals surface area contributed by atoms with E-state index in [1.54, 1.807) is 0 Å². The summed E-state index contributed by atoms with van der Waals surface area (Å²) >= 11 is 12.6. The molecule has 0 aromatic rings. The fourth-order valence-corrected chi connectivity index (χ4v) is 4.75. The molecule has 0 N–H and O–H groups in total. The molecule has 0 spiro atoms. The molecule has 0 nitrogen and oxygen atoms in total. The minimum Gasteiger partial charge on any atom is -0.177 e. The second-order valence-corrected chi connectivity index (χ2v) is 6.28. The van der Waals surface area contributed by atoms with Crippen molar-refractivity contribution in [3.63, 3.8) is 0 Å². The molecule has 0 rings (SSSR count). The maximum Gasteiger partial charge on any atom is 0.0785 e. The minimum absolute atomic E-state index is 0.246. The van der Waals surface area contributed by atoms with Crippen LogP contribution < -0.4 is 0 Å². The summed E-state index contributed by atoms with van der Waals surface area (Å²) in [5.41, 5.74) is 0. The lowest BCUT2D eigenvalue weighted by atomic mass is 10.5. The van der Waals surface area contributed by atoms with E-state index in [-0.39, 0.29) is 4.08 Å². The van der Waals surface area contributed by atoms with Crippen molar-refractivity contribution in [3.05, 3.63) is 0 Å². The van der Waals surface area contributed by atoms with Gasteiger partial charge in [-0.3, -0.25) is 0 Å². The summed E-state index contributed by atoms with van der Waals surface area (Å²) in [7, 11) is 0. The van der Waals surface area contributed by atoms with E-state index in [4.69, 9.17) is 0 Å². The molecule has 0 bridgehead atoms. The van der Waals surface area contributed by atoms with Crippen LogP contribution in [0.1, 0.15) is 13.8 Å². The topological polar surface area (TPSA) is 0 Å². The van der Waals surface area contributed by atoms with E-state index in [0.29, 0.717) is 0 Å². The van der Waals surface area contributed by atoms with Crippen molar-refractivity contribution < 1.29 is 0 Å².